The van der Waals surface area contributed by atoms with Gasteiger partial charge in [-0.25, -0.2) is 0 Å². The standard InChI is InChI=1S/C52H28F3N5/c53-52(54,55)45-28-51(60-47-17-4-2-15-41(47)43-21-19-38(26-49(43)60)36-12-6-9-33(23-36)30-57)50(27-44(45)39-13-7-10-34(24-39)31-58)59-46-16-3-1-14-40(46)42-20-18-37(25-48(42)59)35-11-5-8-32(22-35)29-56/h1-28H. The minimum Gasteiger partial charge on any atom is -0.307 e. The number of nitrogens with zero attached hydrogens (tertiary/aromatic N) is 5. The van der Waals surface area contributed by atoms with E-state index in [1.807, 2.05) is 124 Å². The minimum absolute atomic E-state index is 0.0723. The van der Waals surface area contributed by atoms with Crippen LogP contribution in [0.3, 0.4) is 0 Å². The molecule has 0 spiro atoms. The summed E-state index contributed by atoms with van der Waals surface area (Å²) < 4.78 is 51.0. The molecule has 0 aliphatic carbocycles. The van der Waals surface area contributed by atoms with Crippen LogP contribution in [0, 0.1) is 34.0 Å². The third kappa shape index (κ3) is 5.85. The number of benzene rings is 8. The van der Waals surface area contributed by atoms with Crippen LogP contribution in [-0.2, 0) is 6.18 Å². The summed E-state index contributed by atoms with van der Waals surface area (Å²) in [6.07, 6.45) is -4.79. The highest BCUT2D eigenvalue weighted by atomic mass is 19.4. The van der Waals surface area contributed by atoms with Crippen molar-refractivity contribution in [1.82, 2.24) is 9.13 Å². The van der Waals surface area contributed by atoms with Crippen LogP contribution in [0.2, 0.25) is 0 Å². The molecule has 0 aliphatic heterocycles. The zero-order chi connectivity index (χ0) is 41.1. The third-order valence-electron chi connectivity index (χ3n) is 11.2. The van der Waals surface area contributed by atoms with E-state index in [1.165, 1.54) is 12.1 Å². The SMILES string of the molecule is N#Cc1cccc(-c2ccc3c4ccccc4n(-c4cc(-c5cccc(C#N)c5)c(C(F)(F)F)cc4-n4c5ccccc5c5ccc(-c6cccc(C#N)c6)cc54)c3c2)c1. The largest absolute Gasteiger partial charge is 0.417 e. The molecular weight excluding hydrogens is 752 g/mol. The summed E-state index contributed by atoms with van der Waals surface area (Å²) in [4.78, 5) is 0. The normalized spacial score (nSPS) is 11.5. The Labute approximate surface area is 341 Å². The fraction of sp³-hybridized carbons (Fsp3) is 0.0192. The lowest BCUT2D eigenvalue weighted by atomic mass is 9.95. The van der Waals surface area contributed by atoms with E-state index in [0.717, 1.165) is 54.8 Å². The van der Waals surface area contributed by atoms with Gasteiger partial charge in [0.25, 0.3) is 0 Å². The summed E-state index contributed by atoms with van der Waals surface area (Å²) in [5.74, 6) is 0. The predicted molar refractivity (Wildman–Crippen MR) is 231 cm³/mol. The van der Waals surface area contributed by atoms with Crippen molar-refractivity contribution in [3.8, 4) is 63.0 Å². The van der Waals surface area contributed by atoms with Gasteiger partial charge in [-0.3, -0.25) is 0 Å². The van der Waals surface area contributed by atoms with Crippen molar-refractivity contribution in [2.45, 2.75) is 6.18 Å². The predicted octanol–water partition coefficient (Wildman–Crippen LogP) is 13.5. The number of alkyl halides is 3. The van der Waals surface area contributed by atoms with Crippen LogP contribution in [-0.4, -0.2) is 9.13 Å². The first-order valence-electron chi connectivity index (χ1n) is 19.1. The number of aromatic nitrogens is 2. The molecule has 0 amide bonds. The fourth-order valence-electron chi connectivity index (χ4n) is 8.52. The molecule has 10 rings (SSSR count). The summed E-state index contributed by atoms with van der Waals surface area (Å²) in [7, 11) is 0. The lowest BCUT2D eigenvalue weighted by Gasteiger charge is -2.22. The molecule has 0 radical (unpaired) electrons. The Hall–Kier alpha value is -8.38. The van der Waals surface area contributed by atoms with E-state index in [1.54, 1.807) is 42.5 Å². The maximum atomic E-state index is 15.7. The maximum absolute atomic E-state index is 15.7. The zero-order valence-electron chi connectivity index (χ0n) is 31.5. The summed E-state index contributed by atoms with van der Waals surface area (Å²) in [5.41, 5.74) is 7.51. The van der Waals surface area contributed by atoms with Crippen LogP contribution in [0.5, 0.6) is 0 Å². The molecule has 5 nitrogen and oxygen atoms in total. The average molecular weight is 780 g/mol. The van der Waals surface area contributed by atoms with Crippen LogP contribution in [0.25, 0.3) is 88.4 Å². The topological polar surface area (TPSA) is 81.2 Å². The molecule has 0 atom stereocenters. The van der Waals surface area contributed by atoms with Gasteiger partial charge < -0.3 is 9.13 Å². The molecule has 0 N–H and O–H groups in total. The van der Waals surface area contributed by atoms with Gasteiger partial charge in [-0.15, -0.1) is 0 Å². The zero-order valence-corrected chi connectivity index (χ0v) is 31.5. The van der Waals surface area contributed by atoms with Gasteiger partial charge in [0.2, 0.25) is 0 Å². The van der Waals surface area contributed by atoms with Gasteiger partial charge in [0.15, 0.2) is 0 Å². The molecule has 10 aromatic rings. The fourth-order valence-corrected chi connectivity index (χ4v) is 8.52. The van der Waals surface area contributed by atoms with Crippen molar-refractivity contribution in [2.75, 3.05) is 0 Å². The van der Waals surface area contributed by atoms with E-state index in [4.69, 9.17) is 0 Å². The lowest BCUT2D eigenvalue weighted by molar-refractivity contribution is -0.137. The van der Waals surface area contributed by atoms with Crippen molar-refractivity contribution in [1.29, 1.82) is 15.8 Å². The number of para-hydroxylation sites is 2. The van der Waals surface area contributed by atoms with Crippen molar-refractivity contribution < 1.29 is 13.2 Å². The molecule has 0 saturated heterocycles. The molecule has 0 saturated carbocycles. The van der Waals surface area contributed by atoms with Gasteiger partial charge in [-0.1, -0.05) is 97.1 Å². The second kappa shape index (κ2) is 13.9. The Bertz CT molecular complexity index is 3530. The molecular formula is C52H28F3N5. The summed E-state index contributed by atoms with van der Waals surface area (Å²) in [5, 5.41) is 32.7. The smallest absolute Gasteiger partial charge is 0.307 e. The Morgan fingerprint density at radius 2 is 0.767 bits per heavy atom. The first kappa shape index (κ1) is 36.0. The second-order valence-corrected chi connectivity index (χ2v) is 14.6. The quantitative estimate of drug-likeness (QED) is 0.174. The summed E-state index contributed by atoms with van der Waals surface area (Å²) in [6, 6.07) is 57.7. The van der Waals surface area contributed by atoms with E-state index < -0.39 is 11.7 Å². The van der Waals surface area contributed by atoms with Crippen LogP contribution >= 0.6 is 0 Å². The van der Waals surface area contributed by atoms with Crippen molar-refractivity contribution in [3.63, 3.8) is 0 Å². The highest BCUT2D eigenvalue weighted by Crippen LogP contribution is 2.46. The number of halogens is 3. The Balaban J connectivity index is 1.38. The van der Waals surface area contributed by atoms with E-state index in [-0.39, 0.29) is 22.4 Å². The maximum Gasteiger partial charge on any atom is 0.417 e. The van der Waals surface area contributed by atoms with Gasteiger partial charge in [0.05, 0.1) is 73.9 Å². The molecule has 8 aromatic carbocycles. The lowest BCUT2D eigenvalue weighted by Crippen LogP contribution is -2.12. The molecule has 0 bridgehead atoms. The van der Waals surface area contributed by atoms with E-state index in [9.17, 15) is 15.8 Å². The van der Waals surface area contributed by atoms with E-state index in [0.29, 0.717) is 27.8 Å². The molecule has 0 fully saturated rings. The molecule has 282 valence electrons. The summed E-state index contributed by atoms with van der Waals surface area (Å²) in [6.45, 7) is 0. The van der Waals surface area contributed by atoms with Crippen molar-refractivity contribution >= 4 is 43.6 Å². The number of hydrogen-bond acceptors (Lipinski definition) is 3. The number of nitriles is 3. The highest BCUT2D eigenvalue weighted by Gasteiger charge is 2.36. The molecule has 8 heteroatoms. The average Bonchev–Trinajstić information content (AvgIpc) is 3.80. The number of hydrogen-bond donors (Lipinski definition) is 0. The first-order valence-corrected chi connectivity index (χ1v) is 19.1. The van der Waals surface area contributed by atoms with Gasteiger partial charge in [-0.2, -0.15) is 29.0 Å². The summed E-state index contributed by atoms with van der Waals surface area (Å²) >= 11 is 0. The van der Waals surface area contributed by atoms with Crippen LogP contribution in [0.4, 0.5) is 13.2 Å². The minimum atomic E-state index is -4.79. The molecule has 2 aromatic heterocycles. The third-order valence-corrected chi connectivity index (χ3v) is 11.2. The molecule has 2 heterocycles. The van der Waals surface area contributed by atoms with Gasteiger partial charge in [-0.05, 0) is 106 Å². The van der Waals surface area contributed by atoms with Gasteiger partial charge in [0.1, 0.15) is 0 Å². The van der Waals surface area contributed by atoms with Crippen molar-refractivity contribution in [3.05, 3.63) is 192 Å². The second-order valence-electron chi connectivity index (χ2n) is 14.6. The Morgan fingerprint density at radius 1 is 0.367 bits per heavy atom. The number of fused-ring (bicyclic) bond motifs is 6. The Kier molecular flexibility index (Phi) is 8.35. The van der Waals surface area contributed by atoms with Crippen LogP contribution < -0.4 is 0 Å². The van der Waals surface area contributed by atoms with Crippen LogP contribution in [0.1, 0.15) is 22.3 Å². The van der Waals surface area contributed by atoms with E-state index in [2.05, 4.69) is 18.2 Å². The van der Waals surface area contributed by atoms with E-state index >= 15 is 13.2 Å². The van der Waals surface area contributed by atoms with Crippen LogP contribution in [0.15, 0.2) is 170 Å². The van der Waals surface area contributed by atoms with Crippen molar-refractivity contribution in [2.24, 2.45) is 0 Å². The molecule has 60 heavy (non-hydrogen) atoms. The highest BCUT2D eigenvalue weighted by molar-refractivity contribution is 6.13. The Morgan fingerprint density at radius 3 is 1.23 bits per heavy atom. The number of rotatable bonds is 5. The first-order chi connectivity index (χ1) is 29.2. The van der Waals surface area contributed by atoms with Gasteiger partial charge >= 0.3 is 6.18 Å². The molecule has 0 unspecified atom stereocenters. The van der Waals surface area contributed by atoms with Gasteiger partial charge in [0, 0.05) is 21.5 Å². The monoisotopic (exact) mass is 779 g/mol. The molecule has 0 aliphatic rings.